The van der Waals surface area contributed by atoms with Gasteiger partial charge in [0.1, 0.15) is 24.0 Å². The van der Waals surface area contributed by atoms with Gasteiger partial charge in [0.15, 0.2) is 0 Å². The first-order valence-electron chi connectivity index (χ1n) is 7.72. The largest absolute Gasteiger partial charge is 0.491 e. The Morgan fingerprint density at radius 1 is 1.21 bits per heavy atom. The zero-order chi connectivity index (χ0) is 16.9. The van der Waals surface area contributed by atoms with Crippen LogP contribution in [0.3, 0.4) is 0 Å². The number of nitrogens with one attached hydrogen (secondary N) is 1. The molecular weight excluding hydrogens is 316 g/mol. The number of hydrogen-bond donors (Lipinski definition) is 1. The quantitative estimate of drug-likeness (QED) is 0.906. The maximum atomic E-state index is 13.2. The van der Waals surface area contributed by atoms with Gasteiger partial charge in [-0.15, -0.1) is 0 Å². The van der Waals surface area contributed by atoms with Gasteiger partial charge in [0.25, 0.3) is 5.91 Å². The summed E-state index contributed by atoms with van der Waals surface area (Å²) in [5.41, 5.74) is 0.396. The molecule has 1 N–H and O–H groups in total. The highest BCUT2D eigenvalue weighted by atomic mass is 19.1. The molecule has 24 heavy (non-hydrogen) atoms. The molecule has 0 spiro atoms. The summed E-state index contributed by atoms with van der Waals surface area (Å²) < 4.78 is 37.5. The van der Waals surface area contributed by atoms with E-state index in [1.54, 1.807) is 24.3 Å². The molecule has 1 amide bonds. The van der Waals surface area contributed by atoms with E-state index in [9.17, 15) is 13.6 Å². The fourth-order valence-corrected chi connectivity index (χ4v) is 2.52. The normalized spacial score (nSPS) is 16.8. The second-order valence-electron chi connectivity index (χ2n) is 5.59. The maximum absolute atomic E-state index is 13.2. The van der Waals surface area contributed by atoms with E-state index in [-0.39, 0.29) is 11.8 Å². The molecule has 1 aliphatic rings. The van der Waals surface area contributed by atoms with Crippen LogP contribution in [0.15, 0.2) is 42.5 Å². The number of amides is 1. The summed E-state index contributed by atoms with van der Waals surface area (Å²) in [4.78, 5) is 12.2. The average Bonchev–Trinajstić information content (AvgIpc) is 3.05. The van der Waals surface area contributed by atoms with Crippen molar-refractivity contribution in [3.63, 3.8) is 0 Å². The Kier molecular flexibility index (Phi) is 5.05. The molecule has 1 heterocycles. The number of anilines is 1. The third kappa shape index (κ3) is 4.29. The minimum atomic E-state index is -0.751. The molecule has 0 radical (unpaired) electrons. The molecule has 3 rings (SSSR count). The number of benzene rings is 2. The van der Waals surface area contributed by atoms with Gasteiger partial charge < -0.3 is 14.8 Å². The Balaban J connectivity index is 1.64. The summed E-state index contributed by atoms with van der Waals surface area (Å²) >= 11 is 0. The molecule has 0 bridgehead atoms. The van der Waals surface area contributed by atoms with Crippen molar-refractivity contribution in [2.75, 3.05) is 18.5 Å². The molecule has 2 aromatic rings. The van der Waals surface area contributed by atoms with Gasteiger partial charge in [-0.05, 0) is 43.2 Å². The van der Waals surface area contributed by atoms with Crippen LogP contribution in [0.4, 0.5) is 14.5 Å². The number of ether oxygens (including phenoxy) is 2. The molecular formula is C18H17F2NO3. The standard InChI is InChI=1S/C18H17F2NO3/c19-13-8-14(20)10-15(9-13)21-18(22)12-3-1-4-16(7-12)24-11-17-5-2-6-23-17/h1,3-4,7-10,17H,2,5-6,11H2,(H,21,22). The highest BCUT2D eigenvalue weighted by Gasteiger charge is 2.16. The third-order valence-corrected chi connectivity index (χ3v) is 3.68. The molecule has 1 fully saturated rings. The zero-order valence-electron chi connectivity index (χ0n) is 12.9. The average molecular weight is 333 g/mol. The first kappa shape index (κ1) is 16.4. The van der Waals surface area contributed by atoms with Crippen LogP contribution in [0.1, 0.15) is 23.2 Å². The van der Waals surface area contributed by atoms with Gasteiger partial charge in [-0.3, -0.25) is 4.79 Å². The van der Waals surface area contributed by atoms with Crippen LogP contribution in [-0.2, 0) is 4.74 Å². The van der Waals surface area contributed by atoms with E-state index < -0.39 is 17.5 Å². The van der Waals surface area contributed by atoms with Crippen molar-refractivity contribution in [1.29, 1.82) is 0 Å². The summed E-state index contributed by atoms with van der Waals surface area (Å²) in [5.74, 6) is -1.43. The lowest BCUT2D eigenvalue weighted by atomic mass is 10.2. The van der Waals surface area contributed by atoms with Crippen LogP contribution in [0.2, 0.25) is 0 Å². The molecule has 126 valence electrons. The van der Waals surface area contributed by atoms with E-state index in [1.807, 2.05) is 0 Å². The molecule has 0 aliphatic carbocycles. The number of rotatable bonds is 5. The van der Waals surface area contributed by atoms with Gasteiger partial charge >= 0.3 is 0 Å². The van der Waals surface area contributed by atoms with Crippen molar-refractivity contribution in [3.8, 4) is 5.75 Å². The topological polar surface area (TPSA) is 47.6 Å². The van der Waals surface area contributed by atoms with Crippen LogP contribution in [0, 0.1) is 11.6 Å². The van der Waals surface area contributed by atoms with E-state index in [2.05, 4.69) is 5.32 Å². The molecule has 2 aromatic carbocycles. The van der Waals surface area contributed by atoms with Gasteiger partial charge in [0.2, 0.25) is 0 Å². The minimum absolute atomic E-state index is 0.0585. The summed E-state index contributed by atoms with van der Waals surface area (Å²) in [6, 6.07) is 9.47. The van der Waals surface area contributed by atoms with Crippen LogP contribution >= 0.6 is 0 Å². The van der Waals surface area contributed by atoms with Gasteiger partial charge in [-0.2, -0.15) is 0 Å². The first-order chi connectivity index (χ1) is 11.6. The molecule has 1 saturated heterocycles. The highest BCUT2D eigenvalue weighted by Crippen LogP contribution is 2.19. The second-order valence-corrected chi connectivity index (χ2v) is 5.59. The van der Waals surface area contributed by atoms with E-state index in [1.165, 1.54) is 0 Å². The Hall–Kier alpha value is -2.47. The minimum Gasteiger partial charge on any atom is -0.491 e. The molecule has 0 aromatic heterocycles. The predicted molar refractivity (Wildman–Crippen MR) is 85.2 cm³/mol. The Labute approximate surface area is 138 Å². The van der Waals surface area contributed by atoms with Crippen molar-refractivity contribution in [1.82, 2.24) is 0 Å². The van der Waals surface area contributed by atoms with Crippen LogP contribution in [-0.4, -0.2) is 25.2 Å². The van der Waals surface area contributed by atoms with Crippen LogP contribution in [0.5, 0.6) is 5.75 Å². The smallest absolute Gasteiger partial charge is 0.255 e. The Morgan fingerprint density at radius 2 is 2.00 bits per heavy atom. The summed E-state index contributed by atoms with van der Waals surface area (Å²) in [5, 5.41) is 2.47. The SMILES string of the molecule is O=C(Nc1cc(F)cc(F)c1)c1cccc(OCC2CCCO2)c1. The first-order valence-corrected chi connectivity index (χ1v) is 7.72. The molecule has 1 aliphatic heterocycles. The number of hydrogen-bond acceptors (Lipinski definition) is 3. The van der Waals surface area contributed by atoms with Crippen molar-refractivity contribution < 1.29 is 23.0 Å². The fraction of sp³-hybridized carbons (Fsp3) is 0.278. The second kappa shape index (κ2) is 7.40. The maximum Gasteiger partial charge on any atom is 0.255 e. The van der Waals surface area contributed by atoms with Crippen LogP contribution in [0.25, 0.3) is 0 Å². The van der Waals surface area contributed by atoms with Gasteiger partial charge in [-0.1, -0.05) is 6.07 Å². The molecule has 1 unspecified atom stereocenters. The lowest BCUT2D eigenvalue weighted by Gasteiger charge is -2.12. The van der Waals surface area contributed by atoms with Crippen molar-refractivity contribution >= 4 is 11.6 Å². The van der Waals surface area contributed by atoms with E-state index in [0.29, 0.717) is 17.9 Å². The van der Waals surface area contributed by atoms with E-state index in [0.717, 1.165) is 37.6 Å². The lowest BCUT2D eigenvalue weighted by molar-refractivity contribution is 0.0679. The van der Waals surface area contributed by atoms with Crippen LogP contribution < -0.4 is 10.1 Å². The lowest BCUT2D eigenvalue weighted by Crippen LogP contribution is -2.17. The van der Waals surface area contributed by atoms with Gasteiger partial charge in [0, 0.05) is 23.9 Å². The van der Waals surface area contributed by atoms with Crippen molar-refractivity contribution in [2.45, 2.75) is 18.9 Å². The summed E-state index contributed by atoms with van der Waals surface area (Å²) in [6.07, 6.45) is 2.07. The van der Waals surface area contributed by atoms with Crippen molar-refractivity contribution in [3.05, 3.63) is 59.7 Å². The predicted octanol–water partition coefficient (Wildman–Crippen LogP) is 3.77. The number of carbonyl (C=O) groups is 1. The molecule has 0 saturated carbocycles. The molecule has 6 heteroatoms. The summed E-state index contributed by atoms with van der Waals surface area (Å²) in [7, 11) is 0. The monoisotopic (exact) mass is 333 g/mol. The molecule has 1 atom stereocenters. The van der Waals surface area contributed by atoms with E-state index >= 15 is 0 Å². The highest BCUT2D eigenvalue weighted by molar-refractivity contribution is 6.04. The Morgan fingerprint density at radius 3 is 2.71 bits per heavy atom. The van der Waals surface area contributed by atoms with E-state index in [4.69, 9.17) is 9.47 Å². The van der Waals surface area contributed by atoms with Crippen molar-refractivity contribution in [2.24, 2.45) is 0 Å². The number of carbonyl (C=O) groups excluding carboxylic acids is 1. The van der Waals surface area contributed by atoms with Gasteiger partial charge in [0.05, 0.1) is 6.10 Å². The summed E-state index contributed by atoms with van der Waals surface area (Å²) in [6.45, 7) is 1.18. The fourth-order valence-electron chi connectivity index (χ4n) is 2.52. The zero-order valence-corrected chi connectivity index (χ0v) is 12.9. The Bertz CT molecular complexity index is 710. The number of halogens is 2. The van der Waals surface area contributed by atoms with Gasteiger partial charge in [-0.25, -0.2) is 8.78 Å². The molecule has 4 nitrogen and oxygen atoms in total. The third-order valence-electron chi connectivity index (χ3n) is 3.68.